The molecule has 0 saturated carbocycles. The molecule has 0 heterocycles. The highest BCUT2D eigenvalue weighted by molar-refractivity contribution is 7.47. The van der Waals surface area contributed by atoms with E-state index >= 15 is 0 Å². The van der Waals surface area contributed by atoms with Crippen molar-refractivity contribution in [2.45, 2.75) is 458 Å². The van der Waals surface area contributed by atoms with E-state index in [4.69, 9.17) is 37.0 Å². The SMILES string of the molecule is CCCCCCCCCCCCCCCCCCCCC(=O)OC[C@H](COP(=O)(O)OC[C@@H](O)COP(=O)(O)OC[C@@H](COC(=O)CCCCCCCCCCCC)OC(=O)CCCCCCCCCCCCCCCC(C)C)OC(=O)CCCCCCCCCCCCCCCCC(C)CC. The standard InChI is InChI=1S/C83H162O17P2/c1-7-10-12-14-16-18-20-21-22-23-24-25-31-36-42-48-54-60-66-81(86)94-72-79(100-82(87)67-61-55-49-43-37-32-27-26-30-35-40-46-52-58-64-76(6)9-3)74-98-102(91,92)96-70-77(84)69-95-101(89,90)97-73-78(71-93-80(85)65-59-53-47-41-19-17-15-13-11-8-2)99-83(88)68-62-56-50-44-38-33-28-29-34-39-45-51-57-63-75(4)5/h75-79,84H,7-74H2,1-6H3,(H,89,90)(H,91,92)/t76?,77-,78+,79+/m0/s1. The van der Waals surface area contributed by atoms with Crippen molar-refractivity contribution in [1.82, 2.24) is 0 Å². The number of aliphatic hydroxyl groups excluding tert-OH is 1. The lowest BCUT2D eigenvalue weighted by Gasteiger charge is -2.21. The molecule has 6 atom stereocenters. The van der Waals surface area contributed by atoms with Crippen LogP contribution in [0, 0.1) is 11.8 Å². The molecule has 19 heteroatoms. The molecule has 0 aromatic rings. The predicted molar refractivity (Wildman–Crippen MR) is 418 cm³/mol. The molecule has 0 aliphatic carbocycles. The fraction of sp³-hybridized carbons (Fsp3) is 0.952. The van der Waals surface area contributed by atoms with Gasteiger partial charge in [-0.1, -0.05) is 388 Å². The Morgan fingerprint density at radius 3 is 0.745 bits per heavy atom. The average molecular weight is 1490 g/mol. The average Bonchev–Trinajstić information content (AvgIpc) is 0.911. The third-order valence-corrected chi connectivity index (χ3v) is 21.7. The Bertz CT molecular complexity index is 1960. The van der Waals surface area contributed by atoms with Gasteiger partial charge in [0.25, 0.3) is 0 Å². The number of unbranched alkanes of at least 4 members (excludes halogenated alkanes) is 51. The number of hydrogen-bond acceptors (Lipinski definition) is 15. The second-order valence-electron chi connectivity index (χ2n) is 30.6. The molecule has 0 spiro atoms. The Hall–Kier alpha value is -1.94. The van der Waals surface area contributed by atoms with Gasteiger partial charge in [0.2, 0.25) is 0 Å². The summed E-state index contributed by atoms with van der Waals surface area (Å²) in [5.74, 6) is -0.472. The molecule has 0 rings (SSSR count). The van der Waals surface area contributed by atoms with Crippen LogP contribution in [0.2, 0.25) is 0 Å². The predicted octanol–water partition coefficient (Wildman–Crippen LogP) is 25.1. The Morgan fingerprint density at radius 1 is 0.284 bits per heavy atom. The van der Waals surface area contributed by atoms with Gasteiger partial charge >= 0.3 is 39.5 Å². The fourth-order valence-corrected chi connectivity index (χ4v) is 14.4. The van der Waals surface area contributed by atoms with Gasteiger partial charge in [0, 0.05) is 25.7 Å². The second kappa shape index (κ2) is 74.5. The zero-order valence-corrected chi connectivity index (χ0v) is 68.7. The van der Waals surface area contributed by atoms with Gasteiger partial charge in [-0.15, -0.1) is 0 Å². The molecule has 0 fully saturated rings. The van der Waals surface area contributed by atoms with Gasteiger partial charge in [0.05, 0.1) is 26.4 Å². The van der Waals surface area contributed by atoms with Gasteiger partial charge in [-0.25, -0.2) is 9.13 Å². The Kier molecular flexibility index (Phi) is 73.1. The van der Waals surface area contributed by atoms with Crippen LogP contribution in [0.4, 0.5) is 0 Å². The third kappa shape index (κ3) is 74.9. The molecule has 0 aromatic carbocycles. The first-order chi connectivity index (χ1) is 49.4. The normalized spacial score (nSPS) is 14.1. The van der Waals surface area contributed by atoms with Crippen LogP contribution < -0.4 is 0 Å². The lowest BCUT2D eigenvalue weighted by molar-refractivity contribution is -0.161. The molecular formula is C83H162O17P2. The second-order valence-corrected chi connectivity index (χ2v) is 33.5. The summed E-state index contributed by atoms with van der Waals surface area (Å²) in [6.07, 6.45) is 65.1. The van der Waals surface area contributed by atoms with Gasteiger partial charge in [0.15, 0.2) is 12.2 Å². The van der Waals surface area contributed by atoms with Gasteiger partial charge in [-0.2, -0.15) is 0 Å². The molecule has 0 amide bonds. The van der Waals surface area contributed by atoms with Crippen LogP contribution in [0.15, 0.2) is 0 Å². The monoisotopic (exact) mass is 1490 g/mol. The summed E-state index contributed by atoms with van der Waals surface area (Å²) in [5.41, 5.74) is 0. The van der Waals surface area contributed by atoms with Gasteiger partial charge in [-0.05, 0) is 37.5 Å². The minimum atomic E-state index is -4.96. The van der Waals surface area contributed by atoms with Crippen LogP contribution in [0.25, 0.3) is 0 Å². The number of phosphoric ester groups is 2. The maximum atomic E-state index is 13.1. The molecule has 0 bridgehead atoms. The molecule has 606 valence electrons. The highest BCUT2D eigenvalue weighted by Gasteiger charge is 2.30. The minimum absolute atomic E-state index is 0.108. The quantitative estimate of drug-likeness (QED) is 0.0222. The van der Waals surface area contributed by atoms with Crippen molar-refractivity contribution in [2.75, 3.05) is 39.6 Å². The summed E-state index contributed by atoms with van der Waals surface area (Å²) in [7, 11) is -9.92. The van der Waals surface area contributed by atoms with Crippen LogP contribution in [-0.2, 0) is 65.4 Å². The molecule has 0 radical (unpaired) electrons. The number of carbonyl (C=O) groups is 4. The maximum Gasteiger partial charge on any atom is 0.472 e. The highest BCUT2D eigenvalue weighted by atomic mass is 31.2. The van der Waals surface area contributed by atoms with Crippen LogP contribution in [0.5, 0.6) is 0 Å². The van der Waals surface area contributed by atoms with Gasteiger partial charge < -0.3 is 33.8 Å². The molecule has 3 N–H and O–H groups in total. The summed E-state index contributed by atoms with van der Waals surface area (Å²) >= 11 is 0. The summed E-state index contributed by atoms with van der Waals surface area (Å²) in [6, 6.07) is 0. The Morgan fingerprint density at radius 2 is 0.500 bits per heavy atom. The van der Waals surface area contributed by atoms with E-state index in [9.17, 15) is 43.2 Å². The zero-order chi connectivity index (χ0) is 74.9. The number of phosphoric acid groups is 2. The molecule has 3 unspecified atom stereocenters. The maximum absolute atomic E-state index is 13.1. The molecule has 0 aliphatic heterocycles. The molecule has 102 heavy (non-hydrogen) atoms. The molecule has 0 saturated heterocycles. The van der Waals surface area contributed by atoms with Gasteiger partial charge in [0.1, 0.15) is 19.3 Å². The Labute approximate surface area is 626 Å². The van der Waals surface area contributed by atoms with Gasteiger partial charge in [-0.3, -0.25) is 37.3 Å². The first kappa shape index (κ1) is 100. The smallest absolute Gasteiger partial charge is 0.462 e. The van der Waals surface area contributed by atoms with E-state index in [0.29, 0.717) is 25.7 Å². The minimum Gasteiger partial charge on any atom is -0.462 e. The first-order valence-electron chi connectivity index (χ1n) is 43.0. The lowest BCUT2D eigenvalue weighted by atomic mass is 9.99. The molecule has 0 aromatic heterocycles. The van der Waals surface area contributed by atoms with Crippen LogP contribution in [-0.4, -0.2) is 96.7 Å². The first-order valence-corrected chi connectivity index (χ1v) is 46.0. The van der Waals surface area contributed by atoms with Crippen LogP contribution in [0.1, 0.15) is 440 Å². The summed E-state index contributed by atoms with van der Waals surface area (Å²) < 4.78 is 68.8. The third-order valence-electron chi connectivity index (χ3n) is 19.8. The topological polar surface area (TPSA) is 237 Å². The van der Waals surface area contributed by atoms with Crippen molar-refractivity contribution >= 4 is 39.5 Å². The van der Waals surface area contributed by atoms with E-state index in [1.807, 2.05) is 0 Å². The highest BCUT2D eigenvalue weighted by Crippen LogP contribution is 2.45. The fourth-order valence-electron chi connectivity index (χ4n) is 12.9. The van der Waals surface area contributed by atoms with Crippen molar-refractivity contribution < 1.29 is 80.2 Å². The van der Waals surface area contributed by atoms with E-state index in [0.717, 1.165) is 102 Å². The Balaban J connectivity index is 5.24. The summed E-state index contributed by atoms with van der Waals surface area (Å²) in [6.45, 7) is 9.72. The summed E-state index contributed by atoms with van der Waals surface area (Å²) in [4.78, 5) is 73.1. The largest absolute Gasteiger partial charge is 0.472 e. The van der Waals surface area contributed by atoms with Crippen LogP contribution in [0.3, 0.4) is 0 Å². The number of aliphatic hydroxyl groups is 1. The summed E-state index contributed by atoms with van der Waals surface area (Å²) in [5, 5.41) is 10.7. The van der Waals surface area contributed by atoms with Crippen molar-refractivity contribution in [2.24, 2.45) is 11.8 Å². The molecule has 0 aliphatic rings. The molecular weight excluding hydrogens is 1330 g/mol. The van der Waals surface area contributed by atoms with E-state index in [2.05, 4.69) is 41.5 Å². The van der Waals surface area contributed by atoms with E-state index in [-0.39, 0.29) is 25.7 Å². The zero-order valence-electron chi connectivity index (χ0n) is 66.9. The van der Waals surface area contributed by atoms with Crippen molar-refractivity contribution in [1.29, 1.82) is 0 Å². The van der Waals surface area contributed by atoms with Crippen LogP contribution >= 0.6 is 15.6 Å². The van der Waals surface area contributed by atoms with Crippen molar-refractivity contribution in [3.05, 3.63) is 0 Å². The van der Waals surface area contributed by atoms with Crippen molar-refractivity contribution in [3.63, 3.8) is 0 Å². The lowest BCUT2D eigenvalue weighted by Crippen LogP contribution is -2.30. The number of esters is 4. The number of carbonyl (C=O) groups excluding carboxylic acids is 4. The number of ether oxygens (including phenoxy) is 4. The molecule has 17 nitrogen and oxygen atoms in total. The van der Waals surface area contributed by atoms with E-state index in [1.165, 1.54) is 257 Å². The number of rotatable bonds is 82. The number of hydrogen-bond donors (Lipinski definition) is 3. The van der Waals surface area contributed by atoms with E-state index in [1.54, 1.807) is 0 Å². The van der Waals surface area contributed by atoms with Crippen molar-refractivity contribution in [3.8, 4) is 0 Å². The van der Waals surface area contributed by atoms with E-state index < -0.39 is 97.5 Å².